The second-order valence-corrected chi connectivity index (χ2v) is 4.84. The van der Waals surface area contributed by atoms with Crippen LogP contribution in [-0.2, 0) is 0 Å². The van der Waals surface area contributed by atoms with Gasteiger partial charge in [-0.25, -0.2) is 4.39 Å². The first-order valence-corrected chi connectivity index (χ1v) is 6.86. The Morgan fingerprint density at radius 3 is 2.90 bits per heavy atom. The molecule has 1 aliphatic rings. The summed E-state index contributed by atoms with van der Waals surface area (Å²) >= 11 is 5.27. The van der Waals surface area contributed by atoms with E-state index in [1.54, 1.807) is 0 Å². The number of halogens is 1. The minimum absolute atomic E-state index is 0.148. The number of nitrogens with one attached hydrogen (secondary N) is 1. The maximum Gasteiger partial charge on any atom is 0.182 e. The molecule has 0 spiro atoms. The first kappa shape index (κ1) is 13.6. The smallest absolute Gasteiger partial charge is 0.182 e. The zero-order chi connectivity index (χ0) is 14.7. The zero-order valence-electron chi connectivity index (χ0n) is 11.0. The van der Waals surface area contributed by atoms with Gasteiger partial charge >= 0.3 is 0 Å². The Bertz CT molecular complexity index is 703. The van der Waals surface area contributed by atoms with Gasteiger partial charge in [0.1, 0.15) is 10.7 Å². The number of hydrazone groups is 1. The van der Waals surface area contributed by atoms with Crippen molar-refractivity contribution in [2.24, 2.45) is 5.10 Å². The molecule has 0 saturated carbocycles. The van der Waals surface area contributed by atoms with Gasteiger partial charge in [0.25, 0.3) is 0 Å². The molecule has 1 aliphatic heterocycles. The van der Waals surface area contributed by atoms with Crippen LogP contribution in [-0.4, -0.2) is 22.3 Å². The number of benzene rings is 1. The summed E-state index contributed by atoms with van der Waals surface area (Å²) in [7, 11) is 0. The summed E-state index contributed by atoms with van der Waals surface area (Å²) in [5, 5.41) is 4.26. The average Bonchev–Trinajstić information content (AvgIpc) is 2.54. The number of pyridine rings is 1. The molecule has 0 saturated heterocycles. The Balaban J connectivity index is 1.83. The van der Waals surface area contributed by atoms with Crippen LogP contribution >= 0.6 is 12.2 Å². The third-order valence-electron chi connectivity index (χ3n) is 3.04. The lowest BCUT2D eigenvalue weighted by atomic mass is 10.1. The minimum Gasteiger partial charge on any atom is -0.488 e. The predicted octanol–water partition coefficient (Wildman–Crippen LogP) is 2.67. The van der Waals surface area contributed by atoms with Crippen molar-refractivity contribution in [2.75, 3.05) is 6.61 Å². The minimum atomic E-state index is -0.432. The molecule has 2 heterocycles. The predicted molar refractivity (Wildman–Crippen MR) is 82.1 cm³/mol. The highest BCUT2D eigenvalue weighted by atomic mass is 32.1. The van der Waals surface area contributed by atoms with Crippen LogP contribution < -0.4 is 10.2 Å². The molecule has 0 amide bonds. The van der Waals surface area contributed by atoms with Gasteiger partial charge in [-0.3, -0.25) is 10.4 Å². The number of fused-ring (bicyclic) bond motifs is 1. The van der Waals surface area contributed by atoms with E-state index in [4.69, 9.17) is 17.0 Å². The largest absolute Gasteiger partial charge is 0.488 e. The Kier molecular flexibility index (Phi) is 3.87. The summed E-state index contributed by atoms with van der Waals surface area (Å²) in [4.78, 5) is 4.64. The molecule has 6 heteroatoms. The average molecular weight is 301 g/mol. The van der Waals surface area contributed by atoms with Crippen molar-refractivity contribution in [3.05, 3.63) is 59.7 Å². The lowest BCUT2D eigenvalue weighted by Gasteiger charge is -2.18. The quantitative estimate of drug-likeness (QED) is 0.684. The van der Waals surface area contributed by atoms with Crippen molar-refractivity contribution >= 4 is 22.9 Å². The zero-order valence-corrected chi connectivity index (χ0v) is 11.9. The van der Waals surface area contributed by atoms with Crippen molar-refractivity contribution in [1.29, 1.82) is 0 Å². The molecular formula is C15H12FN3OS. The first-order chi connectivity index (χ1) is 10.3. The fourth-order valence-electron chi connectivity index (χ4n) is 2.02. The Hall–Kier alpha value is -2.34. The highest BCUT2D eigenvalue weighted by Gasteiger charge is 2.21. The fourth-order valence-corrected chi connectivity index (χ4v) is 2.20. The Labute approximate surface area is 126 Å². The lowest BCUT2D eigenvalue weighted by Crippen LogP contribution is -2.24. The summed E-state index contributed by atoms with van der Waals surface area (Å²) in [6.07, 6.45) is 1.95. The van der Waals surface area contributed by atoms with Gasteiger partial charge in [0.2, 0.25) is 0 Å². The van der Waals surface area contributed by atoms with Crippen molar-refractivity contribution < 1.29 is 9.13 Å². The number of hydrogen-bond acceptors (Lipinski definition) is 4. The Morgan fingerprint density at radius 2 is 2.10 bits per heavy atom. The molecule has 4 nitrogen and oxygen atoms in total. The molecule has 0 unspecified atom stereocenters. The van der Waals surface area contributed by atoms with Crippen LogP contribution in [0.1, 0.15) is 17.7 Å². The van der Waals surface area contributed by atoms with E-state index in [0.29, 0.717) is 29.4 Å². The van der Waals surface area contributed by atoms with Gasteiger partial charge in [0.05, 0.1) is 12.3 Å². The van der Waals surface area contributed by atoms with E-state index in [9.17, 15) is 4.39 Å². The molecule has 1 aromatic carbocycles. The van der Waals surface area contributed by atoms with Crippen molar-refractivity contribution in [3.63, 3.8) is 0 Å². The van der Waals surface area contributed by atoms with Gasteiger partial charge in [-0.15, -0.1) is 0 Å². The molecule has 0 fully saturated rings. The van der Waals surface area contributed by atoms with E-state index in [1.807, 2.05) is 30.3 Å². The molecule has 0 bridgehead atoms. The third kappa shape index (κ3) is 2.90. The van der Waals surface area contributed by atoms with Crippen LogP contribution in [0.25, 0.3) is 0 Å². The molecule has 1 N–H and O–H groups in total. The van der Waals surface area contributed by atoms with Crippen LogP contribution in [0.3, 0.4) is 0 Å². The summed E-state index contributed by atoms with van der Waals surface area (Å²) < 4.78 is 18.9. The summed E-state index contributed by atoms with van der Waals surface area (Å²) in [6, 6.07) is 10.8. The highest BCUT2D eigenvalue weighted by molar-refractivity contribution is 7.80. The van der Waals surface area contributed by atoms with Crippen LogP contribution in [0.2, 0.25) is 0 Å². The second-order valence-electron chi connectivity index (χ2n) is 4.43. The van der Waals surface area contributed by atoms with Gasteiger partial charge in [0.15, 0.2) is 11.6 Å². The number of ether oxygens (including phenoxy) is 1. The van der Waals surface area contributed by atoms with E-state index in [-0.39, 0.29) is 5.75 Å². The molecule has 0 radical (unpaired) electrons. The van der Waals surface area contributed by atoms with Crippen molar-refractivity contribution in [3.8, 4) is 5.75 Å². The molecular weight excluding hydrogens is 289 g/mol. The van der Waals surface area contributed by atoms with E-state index < -0.39 is 5.82 Å². The Morgan fingerprint density at radius 1 is 1.29 bits per heavy atom. The molecule has 21 heavy (non-hydrogen) atoms. The highest BCUT2D eigenvalue weighted by Crippen LogP contribution is 2.25. The van der Waals surface area contributed by atoms with Gasteiger partial charge in [-0.1, -0.05) is 42.5 Å². The fraction of sp³-hybridized carbons (Fsp3) is 0.133. The van der Waals surface area contributed by atoms with E-state index in [2.05, 4.69) is 15.5 Å². The van der Waals surface area contributed by atoms with Gasteiger partial charge in [-0.2, -0.15) is 5.10 Å². The molecule has 3 rings (SSSR count). The first-order valence-electron chi connectivity index (χ1n) is 6.45. The standard InChI is InChI=1S/C15H12FN3OS/c16-11-6-8-17-13-12(7-9-20-14(11)13)18-19-15(21)10-4-2-1-3-5-10/h1-6,8H,7,9H2,(H,19,21)/b18-12-. The van der Waals surface area contributed by atoms with Crippen LogP contribution in [0.5, 0.6) is 5.75 Å². The molecule has 1 aromatic heterocycles. The van der Waals surface area contributed by atoms with Crippen LogP contribution in [0.15, 0.2) is 47.7 Å². The van der Waals surface area contributed by atoms with Gasteiger partial charge in [0, 0.05) is 18.2 Å². The summed E-state index contributed by atoms with van der Waals surface area (Å²) in [5.74, 6) is -0.284. The molecule has 0 atom stereocenters. The van der Waals surface area contributed by atoms with E-state index >= 15 is 0 Å². The van der Waals surface area contributed by atoms with Gasteiger partial charge in [-0.05, 0) is 6.07 Å². The maximum absolute atomic E-state index is 13.6. The maximum atomic E-state index is 13.6. The third-order valence-corrected chi connectivity index (χ3v) is 3.37. The monoisotopic (exact) mass is 301 g/mol. The second kappa shape index (κ2) is 5.97. The molecule has 2 aromatic rings. The normalized spacial score (nSPS) is 15.2. The van der Waals surface area contributed by atoms with Crippen molar-refractivity contribution in [2.45, 2.75) is 6.42 Å². The topological polar surface area (TPSA) is 46.5 Å². The van der Waals surface area contributed by atoms with Gasteiger partial charge < -0.3 is 4.74 Å². The number of rotatable bonds is 2. The number of aromatic nitrogens is 1. The van der Waals surface area contributed by atoms with Crippen molar-refractivity contribution in [1.82, 2.24) is 10.4 Å². The molecule has 106 valence electrons. The van der Waals surface area contributed by atoms with E-state index in [0.717, 1.165) is 5.56 Å². The van der Waals surface area contributed by atoms with Crippen LogP contribution in [0, 0.1) is 5.82 Å². The van der Waals surface area contributed by atoms with E-state index in [1.165, 1.54) is 12.3 Å². The molecule has 0 aliphatic carbocycles. The number of hydrogen-bond donors (Lipinski definition) is 1. The lowest BCUT2D eigenvalue weighted by molar-refractivity contribution is 0.300. The SMILES string of the molecule is Fc1ccnc2c1OCC/C2=N/NC(=S)c1ccccc1. The van der Waals surface area contributed by atoms with Crippen LogP contribution in [0.4, 0.5) is 4.39 Å². The number of thiocarbonyl (C=S) groups is 1. The summed E-state index contributed by atoms with van der Waals surface area (Å²) in [6.45, 7) is 0.369. The number of nitrogens with zero attached hydrogens (tertiary/aromatic N) is 2. The summed E-state index contributed by atoms with van der Waals surface area (Å²) in [5.41, 5.74) is 4.76.